The van der Waals surface area contributed by atoms with E-state index in [0.29, 0.717) is 0 Å². The molecule has 3 heteroatoms. The van der Waals surface area contributed by atoms with Gasteiger partial charge in [0.2, 0.25) is 0 Å². The summed E-state index contributed by atoms with van der Waals surface area (Å²) in [5.74, 6) is 0. The lowest BCUT2D eigenvalue weighted by Crippen LogP contribution is -1.81. The zero-order valence-corrected chi connectivity index (χ0v) is 14.8. The fourth-order valence-corrected chi connectivity index (χ4v) is 4.14. The van der Waals surface area contributed by atoms with Gasteiger partial charge in [0, 0.05) is 15.2 Å². The van der Waals surface area contributed by atoms with Gasteiger partial charge in [0.05, 0.1) is 33.9 Å². The first-order valence-corrected chi connectivity index (χ1v) is 8.46. The van der Waals surface area contributed by atoms with Gasteiger partial charge in [-0.2, -0.15) is 0 Å². The van der Waals surface area contributed by atoms with Gasteiger partial charge in [-0.25, -0.2) is 0 Å². The number of hydrogen-bond acceptors (Lipinski definition) is 0. The molecule has 0 unspecified atom stereocenters. The third kappa shape index (κ3) is 2.10. The molecule has 0 saturated heterocycles. The molecule has 3 aromatic carbocycles. The number of halogens is 2. The molecule has 0 spiro atoms. The van der Waals surface area contributed by atoms with E-state index < -0.39 is 0 Å². The number of benzene rings is 3. The molecule has 0 bridgehead atoms. The fraction of sp³-hybridized carbons (Fsp3) is 0. The van der Waals surface area contributed by atoms with Gasteiger partial charge in [0.25, 0.3) is 0 Å². The van der Waals surface area contributed by atoms with Crippen LogP contribution in [-0.2, 0) is 0 Å². The number of aromatic nitrogens is 1. The van der Waals surface area contributed by atoms with E-state index >= 15 is 0 Å². The molecule has 0 aliphatic heterocycles. The maximum atomic E-state index is 3.65. The summed E-state index contributed by atoms with van der Waals surface area (Å²) in [6.45, 7) is 0. The lowest BCUT2D eigenvalue weighted by molar-refractivity contribution is 1.49. The van der Waals surface area contributed by atoms with Gasteiger partial charge >= 0.3 is 0 Å². The van der Waals surface area contributed by atoms with Crippen LogP contribution in [0.5, 0.6) is 0 Å². The van der Waals surface area contributed by atoms with Crippen LogP contribution in [0.4, 0.5) is 0 Å². The summed E-state index contributed by atoms with van der Waals surface area (Å²) in [7, 11) is 0. The molecule has 0 saturated carbocycles. The zero-order chi connectivity index (χ0) is 14.4. The fourth-order valence-electron chi connectivity index (χ4n) is 2.79. The first kappa shape index (κ1) is 13.3. The van der Waals surface area contributed by atoms with Crippen molar-refractivity contribution in [1.82, 2.24) is 2.78 Å². The minimum Gasteiger partial charge on any atom is -0.282 e. The van der Waals surface area contributed by atoms with Gasteiger partial charge in [-0.3, -0.25) is 2.78 Å². The molecule has 1 aromatic heterocycles. The van der Waals surface area contributed by atoms with Gasteiger partial charge < -0.3 is 0 Å². The molecule has 0 radical (unpaired) electrons. The number of nitrogens with zero attached hydrogens (tertiary/aromatic N) is 1. The number of fused-ring (bicyclic) bond motifs is 3. The van der Waals surface area contributed by atoms with Gasteiger partial charge in [0.15, 0.2) is 0 Å². The van der Waals surface area contributed by atoms with E-state index in [1.54, 1.807) is 0 Å². The van der Waals surface area contributed by atoms with Crippen LogP contribution in [0, 0.1) is 0 Å². The summed E-state index contributed by atoms with van der Waals surface area (Å²) in [5, 5.41) is 2.60. The topological polar surface area (TPSA) is 4.93 Å². The van der Waals surface area contributed by atoms with E-state index in [4.69, 9.17) is 0 Å². The summed E-state index contributed by atoms with van der Waals surface area (Å²) in [6, 6.07) is 23.6. The van der Waals surface area contributed by atoms with E-state index in [1.165, 1.54) is 32.9 Å². The molecule has 0 aliphatic carbocycles. The highest BCUT2D eigenvalue weighted by Gasteiger charge is 2.10. The van der Waals surface area contributed by atoms with Gasteiger partial charge in [-0.1, -0.05) is 58.4 Å². The third-order valence-corrected chi connectivity index (χ3v) is 5.53. The molecule has 4 aromatic rings. The molecular formula is C18H11BrIN. The Morgan fingerprint density at radius 1 is 0.762 bits per heavy atom. The highest BCUT2D eigenvalue weighted by atomic mass is 127. The Balaban J connectivity index is 2.07. The van der Waals surface area contributed by atoms with E-state index in [0.717, 1.165) is 4.47 Å². The highest BCUT2D eigenvalue weighted by Crippen LogP contribution is 2.35. The Kier molecular flexibility index (Phi) is 3.27. The van der Waals surface area contributed by atoms with E-state index in [1.807, 2.05) is 6.07 Å². The van der Waals surface area contributed by atoms with Crippen molar-refractivity contribution >= 4 is 60.6 Å². The van der Waals surface area contributed by atoms with Gasteiger partial charge in [0.1, 0.15) is 0 Å². The minimum atomic E-state index is 1.13. The van der Waals surface area contributed by atoms with Crippen LogP contribution in [0.25, 0.3) is 32.9 Å². The Labute approximate surface area is 145 Å². The second-order valence-corrected chi connectivity index (χ2v) is 6.83. The molecule has 4 rings (SSSR count). The minimum absolute atomic E-state index is 1.13. The summed E-state index contributed by atoms with van der Waals surface area (Å²) in [5.41, 5.74) is 4.98. The second-order valence-electron chi connectivity index (χ2n) is 5.01. The first-order chi connectivity index (χ1) is 10.3. The maximum absolute atomic E-state index is 3.65. The van der Waals surface area contributed by atoms with E-state index in [2.05, 4.69) is 102 Å². The number of para-hydroxylation sites is 1. The van der Waals surface area contributed by atoms with E-state index in [-0.39, 0.29) is 0 Å². The summed E-state index contributed by atoms with van der Waals surface area (Å²) < 4.78 is 3.36. The van der Waals surface area contributed by atoms with Crippen molar-refractivity contribution < 1.29 is 0 Å². The smallest absolute Gasteiger partial charge is 0.0646 e. The average Bonchev–Trinajstić information content (AvgIpc) is 2.81. The predicted octanol–water partition coefficient (Wildman–Crippen LogP) is 6.42. The Morgan fingerprint density at radius 2 is 1.48 bits per heavy atom. The van der Waals surface area contributed by atoms with E-state index in [9.17, 15) is 0 Å². The quantitative estimate of drug-likeness (QED) is 0.296. The van der Waals surface area contributed by atoms with Crippen molar-refractivity contribution in [2.45, 2.75) is 0 Å². The van der Waals surface area contributed by atoms with Crippen molar-refractivity contribution in [2.24, 2.45) is 0 Å². The summed E-state index contributed by atoms with van der Waals surface area (Å²) >= 11 is 6.02. The number of hydrogen-bond donors (Lipinski definition) is 0. The molecular weight excluding hydrogens is 437 g/mol. The maximum Gasteiger partial charge on any atom is 0.0646 e. The van der Waals surface area contributed by atoms with Crippen molar-refractivity contribution in [3.05, 3.63) is 71.2 Å². The Hall–Kier alpha value is -1.33. The molecule has 0 atom stereocenters. The first-order valence-electron chi connectivity index (χ1n) is 6.70. The molecule has 0 fully saturated rings. The van der Waals surface area contributed by atoms with Crippen LogP contribution in [0.15, 0.2) is 71.2 Å². The Morgan fingerprint density at radius 3 is 2.33 bits per heavy atom. The van der Waals surface area contributed by atoms with Crippen molar-refractivity contribution in [3.8, 4) is 11.1 Å². The summed E-state index contributed by atoms with van der Waals surface area (Å²) in [4.78, 5) is 0. The molecule has 1 nitrogen and oxygen atoms in total. The Bertz CT molecular complexity index is 971. The van der Waals surface area contributed by atoms with Crippen LogP contribution in [-0.4, -0.2) is 2.78 Å². The molecule has 0 aliphatic rings. The van der Waals surface area contributed by atoms with Crippen LogP contribution in [0.1, 0.15) is 0 Å². The monoisotopic (exact) mass is 447 g/mol. The summed E-state index contributed by atoms with van der Waals surface area (Å²) in [6.07, 6.45) is 0. The average molecular weight is 448 g/mol. The lowest BCUT2D eigenvalue weighted by atomic mass is 10.0. The molecule has 102 valence electrons. The second kappa shape index (κ2) is 5.14. The van der Waals surface area contributed by atoms with Crippen molar-refractivity contribution in [1.29, 1.82) is 0 Å². The number of rotatable bonds is 1. The van der Waals surface area contributed by atoms with Crippen LogP contribution in [0.3, 0.4) is 0 Å². The van der Waals surface area contributed by atoms with Crippen LogP contribution >= 0.6 is 38.8 Å². The largest absolute Gasteiger partial charge is 0.282 e. The SMILES string of the molecule is Brc1ccccc1-c1ccc2c(c1)c1ccccc1n2I. The van der Waals surface area contributed by atoms with Crippen molar-refractivity contribution in [2.75, 3.05) is 0 Å². The third-order valence-electron chi connectivity index (χ3n) is 3.80. The standard InChI is InChI=1S/C18H11BrIN/c19-16-7-3-1-5-13(16)12-9-10-18-15(11-12)14-6-2-4-8-17(14)21(18)20/h1-11H. The normalized spacial score (nSPS) is 11.3. The lowest BCUT2D eigenvalue weighted by Gasteiger charge is -2.05. The van der Waals surface area contributed by atoms with Gasteiger partial charge in [-0.15, -0.1) is 0 Å². The molecule has 1 heterocycles. The van der Waals surface area contributed by atoms with Crippen LogP contribution in [0.2, 0.25) is 0 Å². The predicted molar refractivity (Wildman–Crippen MR) is 102 cm³/mol. The van der Waals surface area contributed by atoms with Gasteiger partial charge in [-0.05, 0) is 35.4 Å². The highest BCUT2D eigenvalue weighted by molar-refractivity contribution is 14.1. The van der Waals surface area contributed by atoms with Crippen molar-refractivity contribution in [3.63, 3.8) is 0 Å². The molecule has 21 heavy (non-hydrogen) atoms. The molecule has 0 N–H and O–H groups in total. The zero-order valence-electron chi connectivity index (χ0n) is 11.1. The van der Waals surface area contributed by atoms with Crippen LogP contribution < -0.4 is 0 Å². The molecule has 0 amide bonds.